The highest BCUT2D eigenvalue weighted by Gasteiger charge is 2.15. The lowest BCUT2D eigenvalue weighted by atomic mass is 10.1. The quantitative estimate of drug-likeness (QED) is 0.875. The summed E-state index contributed by atoms with van der Waals surface area (Å²) in [5, 5.41) is 1.43. The van der Waals surface area contributed by atoms with Gasteiger partial charge in [-0.3, -0.25) is 4.79 Å². The number of aromatic nitrogens is 1. The molecule has 0 fully saturated rings. The van der Waals surface area contributed by atoms with E-state index in [1.54, 1.807) is 6.07 Å². The Morgan fingerprint density at radius 3 is 2.67 bits per heavy atom. The monoisotopic (exact) mass is 307 g/mol. The van der Waals surface area contributed by atoms with Gasteiger partial charge in [0.15, 0.2) is 5.43 Å². The molecule has 2 N–H and O–H groups in total. The first-order chi connectivity index (χ1) is 9.95. The Morgan fingerprint density at radius 1 is 1.29 bits per heavy atom. The molecule has 1 heterocycles. The van der Waals surface area contributed by atoms with Gasteiger partial charge in [-0.15, -0.1) is 0 Å². The van der Waals surface area contributed by atoms with E-state index < -0.39 is 0 Å². The van der Waals surface area contributed by atoms with Crippen molar-refractivity contribution in [3.05, 3.63) is 44.2 Å². The molecule has 1 aromatic carbocycles. The van der Waals surface area contributed by atoms with Crippen LogP contribution >= 0.6 is 11.6 Å². The van der Waals surface area contributed by atoms with Crippen molar-refractivity contribution in [1.82, 2.24) is 4.98 Å². The summed E-state index contributed by atoms with van der Waals surface area (Å²) in [5.41, 5.74) is 3.77. The highest BCUT2D eigenvalue weighted by molar-refractivity contribution is 6.32. The Hall–Kier alpha value is -1.32. The van der Waals surface area contributed by atoms with Crippen molar-refractivity contribution in [1.29, 1.82) is 0 Å². The lowest BCUT2D eigenvalue weighted by Gasteiger charge is -2.16. The molecule has 1 aromatic heterocycles. The molecular weight excluding hydrogens is 284 g/mol. The SMILES string of the molecule is CCCC[NH+](C)Cc1c(C)[nH]c2c(C)c(Cl)ccc2c1=O. The summed E-state index contributed by atoms with van der Waals surface area (Å²) in [7, 11) is 2.14. The van der Waals surface area contributed by atoms with E-state index in [9.17, 15) is 4.79 Å². The number of H-pyrrole nitrogens is 1. The number of unbranched alkanes of at least 4 members (excludes halogenated alkanes) is 1. The van der Waals surface area contributed by atoms with Crippen molar-refractivity contribution in [3.63, 3.8) is 0 Å². The van der Waals surface area contributed by atoms with Crippen molar-refractivity contribution in [3.8, 4) is 0 Å². The minimum absolute atomic E-state index is 0.136. The van der Waals surface area contributed by atoms with Crippen molar-refractivity contribution in [2.24, 2.45) is 0 Å². The van der Waals surface area contributed by atoms with Crippen LogP contribution in [0.25, 0.3) is 10.9 Å². The molecular formula is C17H24ClN2O+. The Balaban J connectivity index is 2.47. The van der Waals surface area contributed by atoms with Crippen LogP contribution in [-0.4, -0.2) is 18.6 Å². The standard InChI is InChI=1S/C17H23ClN2O/c1-5-6-9-20(4)10-14-12(3)19-16-11(2)15(18)8-7-13(16)17(14)21/h7-8H,5-6,9-10H2,1-4H3,(H,19,21)/p+1. The van der Waals surface area contributed by atoms with Gasteiger partial charge < -0.3 is 9.88 Å². The maximum atomic E-state index is 12.7. The fraction of sp³-hybridized carbons (Fsp3) is 0.471. The summed E-state index contributed by atoms with van der Waals surface area (Å²) in [5.74, 6) is 0. The summed E-state index contributed by atoms with van der Waals surface area (Å²) < 4.78 is 0. The first-order valence-corrected chi connectivity index (χ1v) is 7.95. The third-order valence-corrected chi connectivity index (χ3v) is 4.53. The molecule has 0 aliphatic rings. The van der Waals surface area contributed by atoms with Crippen LogP contribution in [0.15, 0.2) is 16.9 Å². The molecule has 3 nitrogen and oxygen atoms in total. The molecule has 2 rings (SSSR count). The zero-order chi connectivity index (χ0) is 15.6. The summed E-state index contributed by atoms with van der Waals surface area (Å²) in [6.45, 7) is 7.96. The second-order valence-corrected chi connectivity index (χ2v) is 6.30. The number of fused-ring (bicyclic) bond motifs is 1. The third-order valence-electron chi connectivity index (χ3n) is 4.12. The molecule has 0 radical (unpaired) electrons. The number of quaternary nitrogens is 1. The highest BCUT2D eigenvalue weighted by Crippen LogP contribution is 2.22. The second-order valence-electron chi connectivity index (χ2n) is 5.89. The fourth-order valence-corrected chi connectivity index (χ4v) is 2.87. The number of rotatable bonds is 5. The molecule has 0 bridgehead atoms. The average Bonchev–Trinajstić information content (AvgIpc) is 2.45. The molecule has 1 unspecified atom stereocenters. The zero-order valence-corrected chi connectivity index (χ0v) is 14.0. The van der Waals surface area contributed by atoms with Gasteiger partial charge in [0.2, 0.25) is 0 Å². The molecule has 21 heavy (non-hydrogen) atoms. The number of hydrogen-bond donors (Lipinski definition) is 2. The van der Waals surface area contributed by atoms with E-state index in [1.807, 2.05) is 19.9 Å². The topological polar surface area (TPSA) is 37.3 Å². The molecule has 2 aromatic rings. The Kier molecular flexibility index (Phi) is 5.07. The first kappa shape index (κ1) is 16.1. The van der Waals surface area contributed by atoms with E-state index in [4.69, 9.17) is 11.6 Å². The molecule has 0 amide bonds. The van der Waals surface area contributed by atoms with Crippen LogP contribution in [0.5, 0.6) is 0 Å². The Bertz CT molecular complexity index is 706. The molecule has 0 saturated heterocycles. The number of hydrogen-bond acceptors (Lipinski definition) is 1. The van der Waals surface area contributed by atoms with Crippen LogP contribution in [-0.2, 0) is 6.54 Å². The average molecular weight is 308 g/mol. The van der Waals surface area contributed by atoms with Gasteiger partial charge in [-0.2, -0.15) is 0 Å². The number of halogens is 1. The Labute approximate surface area is 130 Å². The summed E-state index contributed by atoms with van der Waals surface area (Å²) in [6.07, 6.45) is 2.37. The Morgan fingerprint density at radius 2 is 2.00 bits per heavy atom. The number of aromatic amines is 1. The van der Waals surface area contributed by atoms with E-state index in [2.05, 4.69) is 19.0 Å². The van der Waals surface area contributed by atoms with E-state index in [0.717, 1.165) is 40.8 Å². The van der Waals surface area contributed by atoms with Gasteiger partial charge in [-0.1, -0.05) is 24.9 Å². The van der Waals surface area contributed by atoms with Crippen molar-refractivity contribution < 1.29 is 4.90 Å². The largest absolute Gasteiger partial charge is 0.358 e. The van der Waals surface area contributed by atoms with E-state index >= 15 is 0 Å². The van der Waals surface area contributed by atoms with Crippen molar-refractivity contribution >= 4 is 22.5 Å². The van der Waals surface area contributed by atoms with Gasteiger partial charge >= 0.3 is 0 Å². The smallest absolute Gasteiger partial charge is 0.198 e. The van der Waals surface area contributed by atoms with Gasteiger partial charge in [0.1, 0.15) is 6.54 Å². The highest BCUT2D eigenvalue weighted by atomic mass is 35.5. The molecule has 0 aliphatic heterocycles. The first-order valence-electron chi connectivity index (χ1n) is 7.57. The van der Waals surface area contributed by atoms with Crippen LogP contribution in [0.2, 0.25) is 5.02 Å². The molecule has 4 heteroatoms. The third kappa shape index (κ3) is 3.30. The zero-order valence-electron chi connectivity index (χ0n) is 13.3. The fourth-order valence-electron chi connectivity index (χ4n) is 2.71. The van der Waals surface area contributed by atoms with Gasteiger partial charge in [-0.25, -0.2) is 0 Å². The van der Waals surface area contributed by atoms with E-state index in [0.29, 0.717) is 5.02 Å². The maximum absolute atomic E-state index is 12.7. The van der Waals surface area contributed by atoms with Crippen molar-refractivity contribution in [2.45, 2.75) is 40.2 Å². The second kappa shape index (κ2) is 6.63. The lowest BCUT2D eigenvalue weighted by molar-refractivity contribution is -0.894. The number of benzene rings is 1. The number of aryl methyl sites for hydroxylation is 2. The normalized spacial score (nSPS) is 12.8. The van der Waals surface area contributed by atoms with Crippen LogP contribution < -0.4 is 10.3 Å². The van der Waals surface area contributed by atoms with Crippen LogP contribution in [0.1, 0.15) is 36.6 Å². The summed E-state index contributed by atoms with van der Waals surface area (Å²) in [4.78, 5) is 17.5. The predicted octanol–water partition coefficient (Wildman–Crippen LogP) is 2.61. The van der Waals surface area contributed by atoms with Gasteiger partial charge in [0, 0.05) is 16.1 Å². The molecule has 0 saturated carbocycles. The van der Waals surface area contributed by atoms with Gasteiger partial charge in [-0.05, 0) is 38.0 Å². The minimum atomic E-state index is 0.136. The lowest BCUT2D eigenvalue weighted by Crippen LogP contribution is -3.07. The molecule has 114 valence electrons. The predicted molar refractivity (Wildman–Crippen MR) is 89.4 cm³/mol. The maximum Gasteiger partial charge on any atom is 0.198 e. The molecule has 0 aliphatic carbocycles. The van der Waals surface area contributed by atoms with E-state index in [1.165, 1.54) is 17.7 Å². The molecule has 1 atom stereocenters. The van der Waals surface area contributed by atoms with Gasteiger partial charge in [0.25, 0.3) is 0 Å². The van der Waals surface area contributed by atoms with Crippen molar-refractivity contribution in [2.75, 3.05) is 13.6 Å². The molecule has 0 spiro atoms. The summed E-state index contributed by atoms with van der Waals surface area (Å²) >= 11 is 6.15. The van der Waals surface area contributed by atoms with Crippen LogP contribution in [0.3, 0.4) is 0 Å². The van der Waals surface area contributed by atoms with Crippen LogP contribution in [0.4, 0.5) is 0 Å². The summed E-state index contributed by atoms with van der Waals surface area (Å²) in [6, 6.07) is 3.63. The number of nitrogens with one attached hydrogen (secondary N) is 2. The minimum Gasteiger partial charge on any atom is -0.358 e. The number of pyridine rings is 1. The van der Waals surface area contributed by atoms with Crippen LogP contribution in [0, 0.1) is 13.8 Å². The van der Waals surface area contributed by atoms with E-state index in [-0.39, 0.29) is 5.43 Å². The van der Waals surface area contributed by atoms with Gasteiger partial charge in [0.05, 0.1) is 24.7 Å².